The molecule has 0 saturated carbocycles. The van der Waals surface area contributed by atoms with Crippen LogP contribution in [0.3, 0.4) is 0 Å². The maximum absolute atomic E-state index is 2.58. The highest BCUT2D eigenvalue weighted by atomic mass is 14.5. The summed E-state index contributed by atoms with van der Waals surface area (Å²) in [6.45, 7) is 9.70. The summed E-state index contributed by atoms with van der Waals surface area (Å²) in [6, 6.07) is 77.3. The topological polar surface area (TPSA) is 0 Å². The Morgan fingerprint density at radius 1 is 0.333 bits per heavy atom. The highest BCUT2D eigenvalue weighted by Gasteiger charge is 2.50. The fraction of sp³-hybridized carbons (Fsp3) is 0.143. The molecule has 11 rings (SSSR count). The summed E-state index contributed by atoms with van der Waals surface area (Å²) >= 11 is 0. The van der Waals surface area contributed by atoms with Crippen LogP contribution in [0.1, 0.15) is 58.1 Å². The van der Waals surface area contributed by atoms with E-state index in [2.05, 4.69) is 234 Å². The lowest BCUT2D eigenvalue weighted by atomic mass is 9.58. The lowest BCUT2D eigenvalue weighted by Crippen LogP contribution is -2.39. The summed E-state index contributed by atoms with van der Waals surface area (Å²) in [6.07, 6.45) is 3.50. The molecular weight excluding hydrogens is 757 g/mol. The first-order chi connectivity index (χ1) is 30.9. The van der Waals surface area contributed by atoms with Gasteiger partial charge in [-0.1, -0.05) is 223 Å². The van der Waals surface area contributed by atoms with Gasteiger partial charge >= 0.3 is 0 Å². The predicted molar refractivity (Wildman–Crippen MR) is 271 cm³/mol. The van der Waals surface area contributed by atoms with Crippen molar-refractivity contribution in [2.75, 3.05) is 0 Å². The van der Waals surface area contributed by atoms with Crippen LogP contribution in [0.4, 0.5) is 0 Å². The van der Waals surface area contributed by atoms with Gasteiger partial charge in [0.1, 0.15) is 0 Å². The third kappa shape index (κ3) is 6.26. The second-order valence-corrected chi connectivity index (χ2v) is 18.6. The quantitative estimate of drug-likeness (QED) is 0.134. The van der Waals surface area contributed by atoms with Crippen LogP contribution in [0.2, 0.25) is 0 Å². The van der Waals surface area contributed by atoms with E-state index >= 15 is 0 Å². The molecule has 0 amide bonds. The van der Waals surface area contributed by atoms with Gasteiger partial charge in [-0.25, -0.2) is 0 Å². The van der Waals surface area contributed by atoms with Crippen molar-refractivity contribution in [1.29, 1.82) is 0 Å². The van der Waals surface area contributed by atoms with Gasteiger partial charge in [-0.2, -0.15) is 0 Å². The molecule has 0 bridgehead atoms. The Hall–Kier alpha value is -7.02. The molecule has 0 heteroatoms. The van der Waals surface area contributed by atoms with Crippen LogP contribution in [0, 0.1) is 5.41 Å². The average molecular weight is 809 g/mol. The van der Waals surface area contributed by atoms with E-state index in [0.717, 1.165) is 6.42 Å². The average Bonchev–Trinajstić information content (AvgIpc) is 3.62. The summed E-state index contributed by atoms with van der Waals surface area (Å²) in [5, 5.41) is 7.63. The number of hydrogen-bond acceptors (Lipinski definition) is 0. The van der Waals surface area contributed by atoms with Gasteiger partial charge in [0.15, 0.2) is 0 Å². The maximum Gasteiger partial charge on any atom is 0.0263 e. The molecule has 10 aromatic carbocycles. The molecule has 1 unspecified atom stereocenters. The van der Waals surface area contributed by atoms with Crippen LogP contribution in [-0.4, -0.2) is 0 Å². The minimum Gasteiger partial charge on any atom is -0.0654 e. The molecule has 0 heterocycles. The van der Waals surface area contributed by atoms with Crippen LogP contribution in [-0.2, 0) is 5.41 Å². The van der Waals surface area contributed by atoms with Gasteiger partial charge in [0.25, 0.3) is 0 Å². The van der Waals surface area contributed by atoms with Gasteiger partial charge in [0.2, 0.25) is 0 Å². The smallest absolute Gasteiger partial charge is 0.0263 e. The molecule has 1 aliphatic rings. The normalized spacial score (nSPS) is 14.6. The zero-order valence-electron chi connectivity index (χ0n) is 36.8. The number of hydrogen-bond donors (Lipinski definition) is 0. The molecule has 0 aromatic heterocycles. The molecule has 1 aliphatic carbocycles. The Bertz CT molecular complexity index is 3230. The molecular formula is C63H52. The maximum atomic E-state index is 2.58. The number of benzene rings is 10. The molecule has 10 aromatic rings. The van der Waals surface area contributed by atoms with E-state index in [-0.39, 0.29) is 10.8 Å². The van der Waals surface area contributed by atoms with E-state index in [1.54, 1.807) is 0 Å². The first-order valence-electron chi connectivity index (χ1n) is 22.8. The van der Waals surface area contributed by atoms with Crippen molar-refractivity contribution in [1.82, 2.24) is 0 Å². The fourth-order valence-corrected chi connectivity index (χ4v) is 11.3. The minimum absolute atomic E-state index is 0.0232. The summed E-state index contributed by atoms with van der Waals surface area (Å²) < 4.78 is 0. The number of rotatable bonds is 8. The van der Waals surface area contributed by atoms with Gasteiger partial charge in [-0.15, -0.1) is 0 Å². The van der Waals surface area contributed by atoms with Crippen molar-refractivity contribution >= 4 is 32.3 Å². The fourth-order valence-electron chi connectivity index (χ4n) is 11.3. The highest BCUT2D eigenvalue weighted by Crippen LogP contribution is 2.60. The van der Waals surface area contributed by atoms with E-state index in [1.807, 2.05) is 0 Å². The third-order valence-electron chi connectivity index (χ3n) is 14.2. The van der Waals surface area contributed by atoms with Gasteiger partial charge in [0, 0.05) is 5.41 Å². The molecule has 1 atom stereocenters. The monoisotopic (exact) mass is 808 g/mol. The first kappa shape index (κ1) is 38.9. The predicted octanol–water partition coefficient (Wildman–Crippen LogP) is 18.0. The molecule has 63 heavy (non-hydrogen) atoms. The Balaban J connectivity index is 1.14. The van der Waals surface area contributed by atoms with Crippen LogP contribution < -0.4 is 0 Å². The molecule has 0 nitrogen and oxygen atoms in total. The zero-order chi connectivity index (χ0) is 42.7. The summed E-state index contributed by atoms with van der Waals surface area (Å²) in [7, 11) is 0. The Kier molecular flexibility index (Phi) is 9.50. The largest absolute Gasteiger partial charge is 0.0654 e. The van der Waals surface area contributed by atoms with E-state index in [1.165, 1.54) is 123 Å². The second kappa shape index (κ2) is 15.4. The molecule has 0 N–H and O–H groups in total. The molecule has 0 aliphatic heterocycles. The summed E-state index contributed by atoms with van der Waals surface area (Å²) in [4.78, 5) is 0. The van der Waals surface area contributed by atoms with E-state index in [4.69, 9.17) is 0 Å². The first-order valence-corrected chi connectivity index (χ1v) is 22.8. The van der Waals surface area contributed by atoms with Crippen molar-refractivity contribution < 1.29 is 0 Å². The zero-order valence-corrected chi connectivity index (χ0v) is 36.8. The molecule has 0 saturated heterocycles. The van der Waals surface area contributed by atoms with Gasteiger partial charge in [-0.3, -0.25) is 0 Å². The third-order valence-corrected chi connectivity index (χ3v) is 14.2. The van der Waals surface area contributed by atoms with Crippen molar-refractivity contribution in [3.05, 3.63) is 217 Å². The highest BCUT2D eigenvalue weighted by molar-refractivity contribution is 6.24. The van der Waals surface area contributed by atoms with E-state index in [9.17, 15) is 0 Å². The molecule has 0 fully saturated rings. The van der Waals surface area contributed by atoms with Gasteiger partial charge < -0.3 is 0 Å². The van der Waals surface area contributed by atoms with E-state index < -0.39 is 0 Å². The number of fused-ring (bicyclic) bond motifs is 6. The van der Waals surface area contributed by atoms with Gasteiger partial charge in [-0.05, 0) is 146 Å². The molecule has 304 valence electrons. The SMILES string of the molecule is CCCCC1(C(C)(C)C)c2ccccc2-c2ccc(-c3c4ccccc4c(-c4ccc(-c5cc(-c6ccccc6)cc(-c6ccccc6)c5)c5ccccc45)c4ccccc34)cc21. The Morgan fingerprint density at radius 2 is 0.778 bits per heavy atom. The van der Waals surface area contributed by atoms with Crippen molar-refractivity contribution in [3.8, 4) is 66.8 Å². The summed E-state index contributed by atoms with van der Waals surface area (Å²) in [5.74, 6) is 0. The van der Waals surface area contributed by atoms with Crippen LogP contribution >= 0.6 is 0 Å². The van der Waals surface area contributed by atoms with E-state index in [0.29, 0.717) is 0 Å². The lowest BCUT2D eigenvalue weighted by Gasteiger charge is -2.44. The van der Waals surface area contributed by atoms with Crippen LogP contribution in [0.25, 0.3) is 99.1 Å². The lowest BCUT2D eigenvalue weighted by molar-refractivity contribution is 0.213. The minimum atomic E-state index is -0.0837. The standard InChI is InChI=1S/C63H52/c1-5-6-37-63(62(2,3)4)58-32-20-19-27-51(58)52-34-33-44(41-59(52)63)60-53-28-15-17-30-55(53)61(56-31-18-16-29-54(56)60)57-36-35-48(49-25-13-14-26-50(49)57)47-39-45(42-21-9-7-10-22-42)38-46(40-47)43-23-11-8-12-24-43/h7-36,38-41H,5-6,37H2,1-4H3. The van der Waals surface area contributed by atoms with Gasteiger partial charge in [0.05, 0.1) is 0 Å². The molecule has 0 radical (unpaired) electrons. The van der Waals surface area contributed by atoms with Crippen molar-refractivity contribution in [2.45, 2.75) is 52.4 Å². The Morgan fingerprint density at radius 3 is 1.35 bits per heavy atom. The van der Waals surface area contributed by atoms with Crippen molar-refractivity contribution in [2.24, 2.45) is 5.41 Å². The second-order valence-electron chi connectivity index (χ2n) is 18.6. The Labute approximate surface area is 372 Å². The van der Waals surface area contributed by atoms with Crippen LogP contribution in [0.5, 0.6) is 0 Å². The molecule has 0 spiro atoms. The van der Waals surface area contributed by atoms with Crippen molar-refractivity contribution in [3.63, 3.8) is 0 Å². The number of unbranched alkanes of at least 4 members (excludes halogenated alkanes) is 1. The van der Waals surface area contributed by atoms with Crippen LogP contribution in [0.15, 0.2) is 206 Å². The summed E-state index contributed by atoms with van der Waals surface area (Å²) in [5.41, 5.74) is 18.2.